The van der Waals surface area contributed by atoms with Gasteiger partial charge in [0.05, 0.1) is 26.2 Å². The maximum atomic E-state index is 11.7. The van der Waals surface area contributed by atoms with E-state index < -0.39 is 6.10 Å². The van der Waals surface area contributed by atoms with E-state index in [0.29, 0.717) is 32.1 Å². The van der Waals surface area contributed by atoms with Gasteiger partial charge in [0.25, 0.3) is 0 Å². The third kappa shape index (κ3) is 11.3. The molecule has 1 unspecified atom stereocenters. The number of benzene rings is 2. The molecule has 4 rings (SSSR count). The van der Waals surface area contributed by atoms with Crippen molar-refractivity contribution in [3.8, 4) is 0 Å². The summed E-state index contributed by atoms with van der Waals surface area (Å²) < 4.78 is 0. The number of hydrogen-bond acceptors (Lipinski definition) is 2. The lowest BCUT2D eigenvalue weighted by Gasteiger charge is -2.11. The van der Waals surface area contributed by atoms with Gasteiger partial charge in [-0.2, -0.15) is 0 Å². The van der Waals surface area contributed by atoms with Crippen LogP contribution in [0.4, 0.5) is 0 Å². The minimum Gasteiger partial charge on any atom is -0.388 e. The first-order chi connectivity index (χ1) is 15.7. The number of ketones is 1. The molecule has 0 heterocycles. The maximum Gasteiger partial charge on any atom is 0.162 e. The Morgan fingerprint density at radius 3 is 1.91 bits per heavy atom. The van der Waals surface area contributed by atoms with Crippen LogP contribution in [0.5, 0.6) is 0 Å². The molecule has 2 fully saturated rings. The second kappa shape index (κ2) is 14.9. The first kappa shape index (κ1) is 28.9. The molecule has 182 valence electrons. The van der Waals surface area contributed by atoms with Gasteiger partial charge in [-0.1, -0.05) is 78.2 Å². The summed E-state index contributed by atoms with van der Waals surface area (Å²) in [7, 11) is 1.08. The molecule has 2 aliphatic rings. The Bertz CT molecular complexity index is 898. The molecule has 2 aromatic carbocycles. The van der Waals surface area contributed by atoms with Crippen LogP contribution >= 0.6 is 55.0 Å². The van der Waals surface area contributed by atoms with Crippen molar-refractivity contribution in [2.45, 2.75) is 57.5 Å². The number of rotatable bonds is 8. The quantitative estimate of drug-likeness (QED) is 0.263. The van der Waals surface area contributed by atoms with Crippen molar-refractivity contribution in [3.05, 3.63) is 67.6 Å². The molecule has 2 nitrogen and oxygen atoms in total. The molecule has 0 spiro atoms. The molecule has 1 atom stereocenters. The lowest BCUT2D eigenvalue weighted by Crippen LogP contribution is -1.99. The molecule has 0 aliphatic heterocycles. The zero-order valence-electron chi connectivity index (χ0n) is 19.2. The van der Waals surface area contributed by atoms with E-state index in [2.05, 4.69) is 13.3 Å². The fraction of sp³-hybridized carbons (Fsp3) is 0.500. The molecule has 0 amide bonds. The van der Waals surface area contributed by atoms with Crippen LogP contribution in [0.15, 0.2) is 36.4 Å². The lowest BCUT2D eigenvalue weighted by atomic mass is 10.0. The first-order valence-corrected chi connectivity index (χ1v) is 15.0. The topological polar surface area (TPSA) is 37.3 Å². The van der Waals surface area contributed by atoms with Crippen LogP contribution in [0, 0.1) is 11.8 Å². The van der Waals surface area contributed by atoms with Crippen LogP contribution in [0.2, 0.25) is 20.1 Å². The minimum atomic E-state index is -0.402. The fourth-order valence-corrected chi connectivity index (χ4v) is 3.85. The molecular weight excluding hydrogens is 517 g/mol. The number of hydrogen-bond donors (Lipinski definition) is 1. The summed E-state index contributed by atoms with van der Waals surface area (Å²) >= 11 is 23.3. The number of aliphatic hydroxyl groups is 1. The van der Waals surface area contributed by atoms with E-state index in [4.69, 9.17) is 46.4 Å². The second-order valence-electron chi connectivity index (χ2n) is 8.74. The third-order valence-corrected chi connectivity index (χ3v) is 7.07. The average molecular weight is 550 g/mol. The molecule has 2 aromatic rings. The highest BCUT2D eigenvalue weighted by molar-refractivity contribution is 7.35. The van der Waals surface area contributed by atoms with Crippen LogP contribution in [0.1, 0.15) is 73.4 Å². The van der Waals surface area contributed by atoms with Gasteiger partial charge >= 0.3 is 0 Å². The summed E-state index contributed by atoms with van der Waals surface area (Å²) in [4.78, 5) is 11.7. The molecule has 33 heavy (non-hydrogen) atoms. The second-order valence-corrected chi connectivity index (χ2v) is 11.4. The van der Waals surface area contributed by atoms with E-state index in [1.54, 1.807) is 30.3 Å². The Balaban J connectivity index is 0.000000209. The average Bonchev–Trinajstić information content (AvgIpc) is 3.70. The fourth-order valence-electron chi connectivity index (χ4n) is 3.24. The van der Waals surface area contributed by atoms with Gasteiger partial charge in [-0.25, -0.2) is 0 Å². The van der Waals surface area contributed by atoms with Crippen LogP contribution in [0.25, 0.3) is 0 Å². The highest BCUT2D eigenvalue weighted by atomic mass is 35.5. The molecule has 0 saturated heterocycles. The number of halogens is 4. The Morgan fingerprint density at radius 1 is 0.879 bits per heavy atom. The van der Waals surface area contributed by atoms with Crippen molar-refractivity contribution in [1.29, 1.82) is 0 Å². The highest BCUT2D eigenvalue weighted by Gasteiger charge is 2.23. The first-order valence-electron chi connectivity index (χ1n) is 11.4. The molecule has 2 saturated carbocycles. The van der Waals surface area contributed by atoms with E-state index in [-0.39, 0.29) is 5.78 Å². The Kier molecular flexibility index (Phi) is 13.1. The van der Waals surface area contributed by atoms with E-state index in [0.717, 1.165) is 45.2 Å². The van der Waals surface area contributed by atoms with E-state index >= 15 is 0 Å². The summed E-state index contributed by atoms with van der Waals surface area (Å²) in [5.74, 6) is 1.81. The van der Waals surface area contributed by atoms with Crippen LogP contribution in [-0.2, 0) is 0 Å². The zero-order chi connectivity index (χ0) is 24.4. The normalized spacial score (nSPS) is 15.6. The molecule has 0 bridgehead atoms. The van der Waals surface area contributed by atoms with Crippen LogP contribution in [-0.4, -0.2) is 24.2 Å². The maximum absolute atomic E-state index is 11.7. The van der Waals surface area contributed by atoms with Crippen molar-refractivity contribution in [2.75, 3.05) is 13.3 Å². The monoisotopic (exact) mass is 548 g/mol. The molecule has 2 aliphatic carbocycles. The predicted octanol–water partition coefficient (Wildman–Crippen LogP) is 9.51. The Hall–Kier alpha value is -0.340. The summed E-state index contributed by atoms with van der Waals surface area (Å²) in [5.41, 5.74) is 1.54. The lowest BCUT2D eigenvalue weighted by molar-refractivity contribution is 0.0978. The largest absolute Gasteiger partial charge is 0.388 e. The Morgan fingerprint density at radius 2 is 1.39 bits per heavy atom. The molecular formula is C26H33Cl4O2P. The number of carbonyl (C=O) groups excluding carboxylic acids is 1. The van der Waals surface area contributed by atoms with Gasteiger partial charge in [0.1, 0.15) is 0 Å². The molecule has 1 N–H and O–H groups in total. The summed E-state index contributed by atoms with van der Waals surface area (Å²) in [6.45, 7) is 4.31. The van der Waals surface area contributed by atoms with E-state index in [9.17, 15) is 9.90 Å². The van der Waals surface area contributed by atoms with Crippen molar-refractivity contribution in [2.24, 2.45) is 11.8 Å². The van der Waals surface area contributed by atoms with Gasteiger partial charge in [0.15, 0.2) is 5.78 Å². The minimum absolute atomic E-state index is 0.167. The van der Waals surface area contributed by atoms with Crippen LogP contribution in [0.3, 0.4) is 0 Å². The molecule has 7 heteroatoms. The SMILES string of the molecule is CPC.O=C(CCC1CC1)c1ccc(Cl)c(Cl)c1.OC(CCC1CC1)c1ccc(Cl)c(Cl)c1. The number of carbonyl (C=O) groups is 1. The summed E-state index contributed by atoms with van der Waals surface area (Å²) in [6.07, 6.45) is 8.40. The van der Waals surface area contributed by atoms with Crippen molar-refractivity contribution >= 4 is 60.8 Å². The zero-order valence-corrected chi connectivity index (χ0v) is 23.2. The standard InChI is InChI=1S/C12H14Cl2O.C12H12Cl2O.C2H7P/c2*13-10-5-4-9(7-11(10)14)12(15)6-3-8-1-2-8;1-3-2/h4-5,7-8,12,15H,1-3,6H2;4-5,7-8H,1-3,6H2;3H,1-2H3. The van der Waals surface area contributed by atoms with Gasteiger partial charge in [0, 0.05) is 12.0 Å². The van der Waals surface area contributed by atoms with Gasteiger partial charge in [-0.15, -0.1) is 8.58 Å². The molecule has 0 radical (unpaired) electrons. The number of Topliss-reactive ketones (excluding diaryl/α,β-unsaturated/α-hetero) is 1. The number of aliphatic hydroxyl groups excluding tert-OH is 1. The highest BCUT2D eigenvalue weighted by Crippen LogP contribution is 2.36. The predicted molar refractivity (Wildman–Crippen MR) is 146 cm³/mol. The smallest absolute Gasteiger partial charge is 0.162 e. The van der Waals surface area contributed by atoms with E-state index in [1.165, 1.54) is 25.7 Å². The van der Waals surface area contributed by atoms with Crippen molar-refractivity contribution in [3.63, 3.8) is 0 Å². The Labute approximate surface area is 220 Å². The molecule has 0 aromatic heterocycles. The summed E-state index contributed by atoms with van der Waals surface area (Å²) in [6, 6.07) is 10.4. The van der Waals surface area contributed by atoms with Crippen molar-refractivity contribution in [1.82, 2.24) is 0 Å². The third-order valence-electron chi connectivity index (χ3n) is 5.59. The van der Waals surface area contributed by atoms with Gasteiger partial charge in [-0.05, 0) is 80.3 Å². The van der Waals surface area contributed by atoms with Gasteiger partial charge in [0.2, 0.25) is 0 Å². The van der Waals surface area contributed by atoms with Crippen LogP contribution < -0.4 is 0 Å². The van der Waals surface area contributed by atoms with Crippen molar-refractivity contribution < 1.29 is 9.90 Å². The van der Waals surface area contributed by atoms with Gasteiger partial charge < -0.3 is 5.11 Å². The van der Waals surface area contributed by atoms with E-state index in [1.807, 2.05) is 6.07 Å². The van der Waals surface area contributed by atoms with Gasteiger partial charge in [-0.3, -0.25) is 4.79 Å². The summed E-state index contributed by atoms with van der Waals surface area (Å²) in [5, 5.41) is 11.9.